The SMILES string of the molecule is CC.Cc1ccsc1C(COC1CCCCC1)n1ccnc1. The van der Waals surface area contributed by atoms with Gasteiger partial charge in [-0.25, -0.2) is 4.98 Å². The van der Waals surface area contributed by atoms with Gasteiger partial charge in [0.2, 0.25) is 0 Å². The number of nitrogens with zero attached hydrogens (tertiary/aromatic N) is 2. The Morgan fingerprint density at radius 1 is 1.32 bits per heavy atom. The second-order valence-corrected chi connectivity index (χ2v) is 6.53. The Morgan fingerprint density at radius 2 is 2.09 bits per heavy atom. The van der Waals surface area contributed by atoms with Gasteiger partial charge in [0, 0.05) is 17.3 Å². The molecule has 2 aromatic heterocycles. The third-order valence-corrected chi connectivity index (χ3v) is 5.25. The predicted octanol–water partition coefficient (Wildman–Crippen LogP) is 5.22. The lowest BCUT2D eigenvalue weighted by atomic mass is 9.98. The first-order valence-electron chi connectivity index (χ1n) is 8.47. The molecule has 2 heterocycles. The molecule has 0 saturated heterocycles. The van der Waals surface area contributed by atoms with Gasteiger partial charge in [-0.3, -0.25) is 0 Å². The molecular formula is C18H28N2OS. The molecule has 0 amide bonds. The highest BCUT2D eigenvalue weighted by molar-refractivity contribution is 7.10. The molecule has 4 heteroatoms. The van der Waals surface area contributed by atoms with Crippen molar-refractivity contribution in [2.24, 2.45) is 0 Å². The summed E-state index contributed by atoms with van der Waals surface area (Å²) in [6.45, 7) is 6.93. The van der Waals surface area contributed by atoms with Crippen molar-refractivity contribution in [3.63, 3.8) is 0 Å². The molecule has 122 valence electrons. The molecule has 0 N–H and O–H groups in total. The Morgan fingerprint density at radius 3 is 2.68 bits per heavy atom. The number of ether oxygens (including phenoxy) is 1. The number of rotatable bonds is 5. The van der Waals surface area contributed by atoms with Gasteiger partial charge >= 0.3 is 0 Å². The lowest BCUT2D eigenvalue weighted by molar-refractivity contribution is 0.0166. The summed E-state index contributed by atoms with van der Waals surface area (Å²) < 4.78 is 8.37. The van der Waals surface area contributed by atoms with E-state index >= 15 is 0 Å². The van der Waals surface area contributed by atoms with E-state index in [0.29, 0.717) is 6.10 Å². The molecule has 1 atom stereocenters. The Kier molecular flexibility index (Phi) is 7.13. The van der Waals surface area contributed by atoms with Gasteiger partial charge in [0.15, 0.2) is 0 Å². The van der Waals surface area contributed by atoms with Crippen LogP contribution in [0.25, 0.3) is 0 Å². The third-order valence-electron chi connectivity index (χ3n) is 4.13. The fourth-order valence-electron chi connectivity index (χ4n) is 2.94. The van der Waals surface area contributed by atoms with Crippen molar-refractivity contribution >= 4 is 11.3 Å². The molecule has 0 aromatic carbocycles. The summed E-state index contributed by atoms with van der Waals surface area (Å²) in [6, 6.07) is 2.45. The molecule has 0 aliphatic heterocycles. The average molecular weight is 321 g/mol. The summed E-state index contributed by atoms with van der Waals surface area (Å²) in [5.41, 5.74) is 1.35. The fraction of sp³-hybridized carbons (Fsp3) is 0.611. The van der Waals surface area contributed by atoms with Crippen LogP contribution in [0.2, 0.25) is 0 Å². The Balaban J connectivity index is 0.000000847. The van der Waals surface area contributed by atoms with E-state index in [1.807, 2.05) is 43.9 Å². The number of hydrogen-bond donors (Lipinski definition) is 0. The minimum absolute atomic E-state index is 0.263. The van der Waals surface area contributed by atoms with Crippen molar-refractivity contribution in [1.29, 1.82) is 0 Å². The highest BCUT2D eigenvalue weighted by atomic mass is 32.1. The first-order chi connectivity index (χ1) is 10.8. The van der Waals surface area contributed by atoms with Crippen LogP contribution in [0.4, 0.5) is 0 Å². The Bertz CT molecular complexity index is 515. The van der Waals surface area contributed by atoms with E-state index in [2.05, 4.69) is 27.9 Å². The molecule has 0 spiro atoms. The third kappa shape index (κ3) is 4.43. The summed E-state index contributed by atoms with van der Waals surface area (Å²) in [6.07, 6.45) is 12.7. The zero-order chi connectivity index (χ0) is 15.8. The molecule has 1 unspecified atom stereocenters. The number of imidazole rings is 1. The van der Waals surface area contributed by atoms with Crippen LogP contribution in [-0.4, -0.2) is 22.3 Å². The van der Waals surface area contributed by atoms with Crippen molar-refractivity contribution in [3.05, 3.63) is 40.6 Å². The minimum atomic E-state index is 0.263. The van der Waals surface area contributed by atoms with Gasteiger partial charge < -0.3 is 9.30 Å². The second-order valence-electron chi connectivity index (χ2n) is 5.59. The second kappa shape index (κ2) is 9.11. The molecule has 1 saturated carbocycles. The molecule has 1 aliphatic carbocycles. The highest BCUT2D eigenvalue weighted by Gasteiger charge is 2.20. The topological polar surface area (TPSA) is 27.1 Å². The van der Waals surface area contributed by atoms with Gasteiger partial charge in [-0.15, -0.1) is 11.3 Å². The van der Waals surface area contributed by atoms with Crippen LogP contribution in [0, 0.1) is 6.92 Å². The number of aryl methyl sites for hydroxylation is 1. The standard InChI is InChI=1S/C16H22N2OS.C2H6/c1-13-7-10-20-16(13)15(18-9-8-17-12-18)11-19-14-5-3-2-4-6-14;1-2/h7-10,12,14-15H,2-6,11H2,1H3;1-2H3. The van der Waals surface area contributed by atoms with E-state index in [0.717, 1.165) is 6.61 Å². The number of aromatic nitrogens is 2. The Labute approximate surface area is 138 Å². The van der Waals surface area contributed by atoms with Gasteiger partial charge in [0.25, 0.3) is 0 Å². The monoisotopic (exact) mass is 320 g/mol. The first kappa shape index (κ1) is 17.2. The van der Waals surface area contributed by atoms with Gasteiger partial charge in [-0.1, -0.05) is 33.1 Å². The van der Waals surface area contributed by atoms with Crippen LogP contribution >= 0.6 is 11.3 Å². The van der Waals surface area contributed by atoms with Crippen molar-refractivity contribution in [1.82, 2.24) is 9.55 Å². The van der Waals surface area contributed by atoms with Gasteiger partial charge in [-0.2, -0.15) is 0 Å². The molecule has 0 bridgehead atoms. The maximum Gasteiger partial charge on any atom is 0.0952 e. The van der Waals surface area contributed by atoms with Crippen LogP contribution in [0.3, 0.4) is 0 Å². The van der Waals surface area contributed by atoms with Gasteiger partial charge in [0.05, 0.1) is 25.1 Å². The summed E-state index contributed by atoms with van der Waals surface area (Å²) in [5, 5.41) is 2.16. The molecule has 1 aliphatic rings. The highest BCUT2D eigenvalue weighted by Crippen LogP contribution is 2.29. The van der Waals surface area contributed by atoms with Crippen molar-refractivity contribution in [2.75, 3.05) is 6.61 Å². The minimum Gasteiger partial charge on any atom is -0.376 e. The van der Waals surface area contributed by atoms with E-state index in [1.54, 1.807) is 0 Å². The average Bonchev–Trinajstić information content (AvgIpc) is 3.24. The van der Waals surface area contributed by atoms with Crippen LogP contribution < -0.4 is 0 Å². The van der Waals surface area contributed by atoms with Crippen LogP contribution in [0.5, 0.6) is 0 Å². The predicted molar refractivity (Wildman–Crippen MR) is 93.6 cm³/mol. The molecular weight excluding hydrogens is 292 g/mol. The molecule has 3 rings (SSSR count). The lowest BCUT2D eigenvalue weighted by Crippen LogP contribution is -2.23. The molecule has 3 nitrogen and oxygen atoms in total. The van der Waals surface area contributed by atoms with E-state index in [4.69, 9.17) is 4.74 Å². The van der Waals surface area contributed by atoms with E-state index in [9.17, 15) is 0 Å². The normalized spacial score (nSPS) is 16.9. The Hall–Kier alpha value is -1.13. The molecule has 22 heavy (non-hydrogen) atoms. The molecule has 1 fully saturated rings. The maximum atomic E-state index is 6.21. The molecule has 0 radical (unpaired) electrons. The van der Waals surface area contributed by atoms with Gasteiger partial charge in [-0.05, 0) is 36.8 Å². The van der Waals surface area contributed by atoms with Crippen LogP contribution in [0.15, 0.2) is 30.2 Å². The summed E-state index contributed by atoms with van der Waals surface area (Å²) in [4.78, 5) is 5.58. The summed E-state index contributed by atoms with van der Waals surface area (Å²) >= 11 is 1.81. The van der Waals surface area contributed by atoms with E-state index < -0.39 is 0 Å². The lowest BCUT2D eigenvalue weighted by Gasteiger charge is -2.25. The number of hydrogen-bond acceptors (Lipinski definition) is 3. The summed E-state index contributed by atoms with van der Waals surface area (Å²) in [5.74, 6) is 0. The van der Waals surface area contributed by atoms with Gasteiger partial charge in [0.1, 0.15) is 0 Å². The van der Waals surface area contributed by atoms with Crippen LogP contribution in [0.1, 0.15) is 62.4 Å². The van der Waals surface area contributed by atoms with E-state index in [1.165, 1.54) is 42.5 Å². The zero-order valence-corrected chi connectivity index (χ0v) is 14.8. The fourth-order valence-corrected chi connectivity index (χ4v) is 3.96. The quantitative estimate of drug-likeness (QED) is 0.755. The first-order valence-corrected chi connectivity index (χ1v) is 9.35. The van der Waals surface area contributed by atoms with Crippen molar-refractivity contribution in [3.8, 4) is 0 Å². The maximum absolute atomic E-state index is 6.21. The number of thiophene rings is 1. The molecule has 2 aromatic rings. The zero-order valence-electron chi connectivity index (χ0n) is 14.0. The van der Waals surface area contributed by atoms with Crippen molar-refractivity contribution < 1.29 is 4.74 Å². The largest absolute Gasteiger partial charge is 0.376 e. The van der Waals surface area contributed by atoms with Crippen LogP contribution in [-0.2, 0) is 4.74 Å². The summed E-state index contributed by atoms with van der Waals surface area (Å²) in [7, 11) is 0. The van der Waals surface area contributed by atoms with Crippen molar-refractivity contribution in [2.45, 2.75) is 65.0 Å². The van der Waals surface area contributed by atoms with E-state index in [-0.39, 0.29) is 6.04 Å². The smallest absolute Gasteiger partial charge is 0.0952 e.